The molecule has 2 rings (SSSR count). The van der Waals surface area contributed by atoms with Crippen LogP contribution in [0.25, 0.3) is 0 Å². The first kappa shape index (κ1) is 22.2. The van der Waals surface area contributed by atoms with Crippen LogP contribution in [0, 0.1) is 10.1 Å². The fourth-order valence-corrected chi connectivity index (χ4v) is 2.86. The van der Waals surface area contributed by atoms with E-state index in [0.29, 0.717) is 32.7 Å². The Kier molecular flexibility index (Phi) is 8.04. The van der Waals surface area contributed by atoms with Gasteiger partial charge in [-0.15, -0.1) is 0 Å². The maximum atomic E-state index is 12.4. The zero-order chi connectivity index (χ0) is 21.4. The number of methoxy groups -OCH3 is 2. The summed E-state index contributed by atoms with van der Waals surface area (Å²) in [4.78, 5) is 49.9. The van der Waals surface area contributed by atoms with Crippen molar-refractivity contribution in [1.29, 1.82) is 0 Å². The number of non-ortho nitro benzene ring substituents is 1. The summed E-state index contributed by atoms with van der Waals surface area (Å²) in [5.74, 6) is -1.06. The van der Waals surface area contributed by atoms with Crippen LogP contribution in [0.15, 0.2) is 18.2 Å². The number of rotatable bonds is 11. The average molecular weight is 408 g/mol. The van der Waals surface area contributed by atoms with Gasteiger partial charge in [-0.25, -0.2) is 4.79 Å². The second-order valence-corrected chi connectivity index (χ2v) is 6.31. The number of ether oxygens (including phenoxy) is 2. The molecule has 0 radical (unpaired) electrons. The lowest BCUT2D eigenvalue weighted by molar-refractivity contribution is -0.384. The van der Waals surface area contributed by atoms with Gasteiger partial charge in [0.05, 0.1) is 29.3 Å². The molecule has 1 aliphatic heterocycles. The number of nitrogens with zero attached hydrogens (tertiary/aromatic N) is 3. The zero-order valence-corrected chi connectivity index (χ0v) is 16.4. The van der Waals surface area contributed by atoms with Crippen LogP contribution in [0.1, 0.15) is 27.1 Å². The van der Waals surface area contributed by atoms with Gasteiger partial charge in [0.1, 0.15) is 0 Å². The quantitative estimate of drug-likeness (QED) is 0.249. The highest BCUT2D eigenvalue weighted by Gasteiger charge is 2.36. The molecule has 1 N–H and O–H groups in total. The lowest BCUT2D eigenvalue weighted by Crippen LogP contribution is -2.44. The molecule has 0 spiro atoms. The fraction of sp³-hybridized carbons (Fsp3) is 0.500. The molecule has 0 fully saturated rings. The first-order valence-corrected chi connectivity index (χ1v) is 9.06. The van der Waals surface area contributed by atoms with Crippen molar-refractivity contribution < 1.29 is 28.8 Å². The average Bonchev–Trinajstić information content (AvgIpc) is 2.95. The molecule has 1 aliphatic rings. The van der Waals surface area contributed by atoms with Crippen molar-refractivity contribution >= 4 is 23.5 Å². The van der Waals surface area contributed by atoms with Gasteiger partial charge < -0.3 is 19.7 Å². The molecule has 0 aromatic heterocycles. The maximum Gasteiger partial charge on any atom is 0.317 e. The van der Waals surface area contributed by atoms with Crippen LogP contribution in [0.2, 0.25) is 0 Å². The number of fused-ring (bicyclic) bond motifs is 1. The van der Waals surface area contributed by atoms with Gasteiger partial charge in [0.25, 0.3) is 17.5 Å². The fourth-order valence-electron chi connectivity index (χ4n) is 2.86. The van der Waals surface area contributed by atoms with Gasteiger partial charge in [-0.05, 0) is 12.5 Å². The Morgan fingerprint density at radius 2 is 1.76 bits per heavy atom. The second-order valence-electron chi connectivity index (χ2n) is 6.31. The summed E-state index contributed by atoms with van der Waals surface area (Å²) in [5.41, 5.74) is -0.0697. The Morgan fingerprint density at radius 3 is 2.34 bits per heavy atom. The molecule has 0 saturated heterocycles. The number of urea groups is 1. The summed E-state index contributed by atoms with van der Waals surface area (Å²) < 4.78 is 9.97. The van der Waals surface area contributed by atoms with Crippen LogP contribution in [-0.4, -0.2) is 86.2 Å². The third kappa shape index (κ3) is 5.48. The highest BCUT2D eigenvalue weighted by atomic mass is 16.6. The van der Waals surface area contributed by atoms with Gasteiger partial charge in [0, 0.05) is 52.5 Å². The highest BCUT2D eigenvalue weighted by Crippen LogP contribution is 2.26. The molecule has 158 valence electrons. The van der Waals surface area contributed by atoms with Gasteiger partial charge in [0.15, 0.2) is 0 Å². The van der Waals surface area contributed by atoms with E-state index in [4.69, 9.17) is 9.47 Å². The van der Waals surface area contributed by atoms with Crippen LogP contribution in [0.5, 0.6) is 0 Å². The van der Waals surface area contributed by atoms with Crippen molar-refractivity contribution in [2.75, 3.05) is 53.6 Å². The van der Waals surface area contributed by atoms with Crippen LogP contribution < -0.4 is 5.32 Å². The Bertz CT molecular complexity index is 775. The molecule has 0 atom stereocenters. The van der Waals surface area contributed by atoms with E-state index in [1.807, 2.05) is 0 Å². The highest BCUT2D eigenvalue weighted by molar-refractivity contribution is 6.21. The van der Waals surface area contributed by atoms with Crippen molar-refractivity contribution in [2.45, 2.75) is 6.42 Å². The summed E-state index contributed by atoms with van der Waals surface area (Å²) in [7, 11) is 3.09. The second kappa shape index (κ2) is 10.5. The molecule has 1 aromatic carbocycles. The first-order chi connectivity index (χ1) is 13.9. The number of benzene rings is 1. The van der Waals surface area contributed by atoms with E-state index in [9.17, 15) is 24.5 Å². The largest absolute Gasteiger partial charge is 0.383 e. The van der Waals surface area contributed by atoms with Crippen molar-refractivity contribution in [3.05, 3.63) is 39.4 Å². The number of hydrogen-bond donors (Lipinski definition) is 1. The zero-order valence-electron chi connectivity index (χ0n) is 16.4. The molecule has 11 heteroatoms. The van der Waals surface area contributed by atoms with Crippen molar-refractivity contribution in [3.63, 3.8) is 0 Å². The standard InChI is InChI=1S/C18H24N4O7/c1-28-10-8-20(9-11-29-2)18(25)19-6-3-7-21-16(23)14-5-4-13(22(26)27)12-15(14)17(21)24/h4-5,12H,3,6-11H2,1-2H3,(H,19,25). The topological polar surface area (TPSA) is 131 Å². The summed E-state index contributed by atoms with van der Waals surface area (Å²) in [5, 5.41) is 13.6. The van der Waals surface area contributed by atoms with Gasteiger partial charge in [-0.2, -0.15) is 0 Å². The van der Waals surface area contributed by atoms with E-state index in [2.05, 4.69) is 5.32 Å². The van der Waals surface area contributed by atoms with Gasteiger partial charge in [0.2, 0.25) is 0 Å². The number of carbonyl (C=O) groups excluding carboxylic acids is 3. The molecule has 0 saturated carbocycles. The van der Waals surface area contributed by atoms with Crippen molar-refractivity contribution in [1.82, 2.24) is 15.1 Å². The number of carbonyl (C=O) groups is 3. The van der Waals surface area contributed by atoms with E-state index >= 15 is 0 Å². The molecular weight excluding hydrogens is 384 g/mol. The minimum absolute atomic E-state index is 0.0264. The Hall–Kier alpha value is -3.05. The lowest BCUT2D eigenvalue weighted by atomic mass is 10.1. The monoisotopic (exact) mass is 408 g/mol. The van der Waals surface area contributed by atoms with E-state index in [-0.39, 0.29) is 35.9 Å². The van der Waals surface area contributed by atoms with Crippen molar-refractivity contribution in [2.24, 2.45) is 0 Å². The molecule has 11 nitrogen and oxygen atoms in total. The molecule has 0 aliphatic carbocycles. The smallest absolute Gasteiger partial charge is 0.317 e. The number of amides is 4. The molecule has 0 unspecified atom stereocenters. The molecule has 1 aromatic rings. The Balaban J connectivity index is 1.87. The third-order valence-corrected chi connectivity index (χ3v) is 4.42. The normalized spacial score (nSPS) is 12.8. The predicted molar refractivity (Wildman–Crippen MR) is 102 cm³/mol. The van der Waals surface area contributed by atoms with Crippen LogP contribution >= 0.6 is 0 Å². The van der Waals surface area contributed by atoms with E-state index < -0.39 is 16.7 Å². The number of nitrogens with one attached hydrogen (secondary N) is 1. The summed E-state index contributed by atoms with van der Waals surface area (Å²) in [6, 6.07) is 3.30. The van der Waals surface area contributed by atoms with Crippen molar-refractivity contribution in [3.8, 4) is 0 Å². The minimum atomic E-state index is -0.616. The Labute approximate surface area is 167 Å². The van der Waals surface area contributed by atoms with Gasteiger partial charge >= 0.3 is 6.03 Å². The predicted octanol–water partition coefficient (Wildman–Crippen LogP) is 0.885. The molecule has 0 bridgehead atoms. The van der Waals surface area contributed by atoms with E-state index in [1.54, 1.807) is 19.1 Å². The maximum absolute atomic E-state index is 12.4. The van der Waals surface area contributed by atoms with Crippen LogP contribution in [-0.2, 0) is 9.47 Å². The molecule has 1 heterocycles. The summed E-state index contributed by atoms with van der Waals surface area (Å²) >= 11 is 0. The number of nitro groups is 1. The third-order valence-electron chi connectivity index (χ3n) is 4.42. The Morgan fingerprint density at radius 1 is 1.14 bits per heavy atom. The van der Waals surface area contributed by atoms with Crippen LogP contribution in [0.3, 0.4) is 0 Å². The lowest BCUT2D eigenvalue weighted by Gasteiger charge is -2.22. The first-order valence-electron chi connectivity index (χ1n) is 9.06. The molecule has 4 amide bonds. The van der Waals surface area contributed by atoms with Gasteiger partial charge in [-0.1, -0.05) is 0 Å². The molecule has 29 heavy (non-hydrogen) atoms. The minimum Gasteiger partial charge on any atom is -0.383 e. The van der Waals surface area contributed by atoms with E-state index in [1.165, 1.54) is 12.1 Å². The summed E-state index contributed by atoms with van der Waals surface area (Å²) in [6.45, 7) is 1.93. The molecular formula is C18H24N4O7. The number of hydrogen-bond acceptors (Lipinski definition) is 7. The number of imide groups is 1. The van der Waals surface area contributed by atoms with Crippen LogP contribution in [0.4, 0.5) is 10.5 Å². The summed E-state index contributed by atoms with van der Waals surface area (Å²) in [6.07, 6.45) is 0.349. The SMILES string of the molecule is COCCN(CCOC)C(=O)NCCCN1C(=O)c2ccc([N+](=O)[O-])cc2C1=O. The van der Waals surface area contributed by atoms with E-state index in [0.717, 1.165) is 11.0 Å². The number of nitro benzene ring substituents is 1. The van der Waals surface area contributed by atoms with Gasteiger partial charge in [-0.3, -0.25) is 24.6 Å².